The largest absolute Gasteiger partial charge is 0.383 e. The Hall–Kier alpha value is -0.810. The molecule has 0 bridgehead atoms. The molecule has 0 aromatic carbocycles. The lowest BCUT2D eigenvalue weighted by molar-refractivity contribution is 0.0532. The molecule has 1 aromatic heterocycles. The molecule has 13 heavy (non-hydrogen) atoms. The van der Waals surface area contributed by atoms with E-state index in [9.17, 15) is 0 Å². The van der Waals surface area contributed by atoms with Crippen LogP contribution in [0.2, 0.25) is 0 Å². The van der Waals surface area contributed by atoms with Gasteiger partial charge in [-0.1, -0.05) is 0 Å². The van der Waals surface area contributed by atoms with Gasteiger partial charge in [-0.2, -0.15) is 0 Å². The molecule has 2 heterocycles. The fourth-order valence-electron chi connectivity index (χ4n) is 1.41. The summed E-state index contributed by atoms with van der Waals surface area (Å²) in [5.74, 6) is 0.610. The van der Waals surface area contributed by atoms with Crippen molar-refractivity contribution in [2.75, 3.05) is 30.3 Å². The Morgan fingerprint density at radius 2 is 2.62 bits per heavy atom. The Labute approximate surface area is 81.3 Å². The molecule has 2 rings (SSSR count). The average molecular weight is 199 g/mol. The molecule has 0 unspecified atom stereocenters. The number of anilines is 2. The fraction of sp³-hybridized carbons (Fsp3) is 0.625. The predicted octanol–water partition coefficient (Wildman–Crippen LogP) is 0.950. The van der Waals surface area contributed by atoms with Gasteiger partial charge >= 0.3 is 0 Å². The summed E-state index contributed by atoms with van der Waals surface area (Å²) in [5, 5.41) is 2.88. The molecule has 1 aromatic rings. The van der Waals surface area contributed by atoms with Crippen LogP contribution >= 0.6 is 11.3 Å². The fourth-order valence-corrected chi connectivity index (χ4v) is 2.17. The number of nitrogens with zero attached hydrogens (tertiary/aromatic N) is 2. The first-order valence-electron chi connectivity index (χ1n) is 4.33. The summed E-state index contributed by atoms with van der Waals surface area (Å²) in [6.07, 6.45) is 0.291. The van der Waals surface area contributed by atoms with E-state index >= 15 is 0 Å². The average Bonchev–Trinajstić information content (AvgIpc) is 2.52. The highest BCUT2D eigenvalue weighted by Gasteiger charge is 2.18. The first-order valence-corrected chi connectivity index (χ1v) is 5.21. The van der Waals surface area contributed by atoms with Gasteiger partial charge in [0.15, 0.2) is 5.13 Å². The van der Waals surface area contributed by atoms with Crippen molar-refractivity contribution >= 4 is 22.3 Å². The number of nitrogen functional groups attached to an aromatic ring is 1. The van der Waals surface area contributed by atoms with Crippen LogP contribution in [-0.2, 0) is 4.74 Å². The van der Waals surface area contributed by atoms with Crippen molar-refractivity contribution in [1.29, 1.82) is 0 Å². The van der Waals surface area contributed by atoms with E-state index in [1.807, 2.05) is 5.38 Å². The molecule has 4 nitrogen and oxygen atoms in total. The Morgan fingerprint density at radius 1 is 1.77 bits per heavy atom. The van der Waals surface area contributed by atoms with E-state index in [4.69, 9.17) is 10.5 Å². The Kier molecular flexibility index (Phi) is 2.37. The number of aromatic nitrogens is 1. The second kappa shape index (κ2) is 3.51. The molecule has 0 amide bonds. The van der Waals surface area contributed by atoms with Gasteiger partial charge in [-0.3, -0.25) is 0 Å². The summed E-state index contributed by atoms with van der Waals surface area (Å²) in [6, 6.07) is 0. The highest BCUT2D eigenvalue weighted by molar-refractivity contribution is 7.14. The maximum absolute atomic E-state index is 5.56. The van der Waals surface area contributed by atoms with Gasteiger partial charge in [0.25, 0.3) is 0 Å². The molecule has 0 spiro atoms. The minimum absolute atomic E-state index is 0.291. The third-order valence-corrected chi connectivity index (χ3v) is 2.94. The van der Waals surface area contributed by atoms with Gasteiger partial charge in [0, 0.05) is 18.5 Å². The van der Waals surface area contributed by atoms with Crippen molar-refractivity contribution < 1.29 is 4.74 Å². The lowest BCUT2D eigenvalue weighted by Crippen LogP contribution is -2.41. The summed E-state index contributed by atoms with van der Waals surface area (Å²) in [7, 11) is 0. The lowest BCUT2D eigenvalue weighted by Gasteiger charge is -2.30. The van der Waals surface area contributed by atoms with Gasteiger partial charge < -0.3 is 15.4 Å². The first-order chi connectivity index (χ1) is 6.25. The van der Waals surface area contributed by atoms with Gasteiger partial charge in [-0.15, -0.1) is 11.3 Å². The number of rotatable bonds is 1. The smallest absolute Gasteiger partial charge is 0.187 e. The molecule has 1 aliphatic heterocycles. The second-order valence-electron chi connectivity index (χ2n) is 3.18. The van der Waals surface area contributed by atoms with Crippen LogP contribution in [0.25, 0.3) is 0 Å². The lowest BCUT2D eigenvalue weighted by atomic mass is 10.3. The van der Waals surface area contributed by atoms with Crippen LogP contribution in [0, 0.1) is 0 Å². The Morgan fingerprint density at radius 3 is 3.23 bits per heavy atom. The van der Waals surface area contributed by atoms with Crippen LogP contribution in [0.15, 0.2) is 5.38 Å². The van der Waals surface area contributed by atoms with E-state index in [0.29, 0.717) is 11.9 Å². The highest BCUT2D eigenvalue weighted by Crippen LogP contribution is 2.23. The van der Waals surface area contributed by atoms with Crippen LogP contribution in [-0.4, -0.2) is 30.8 Å². The van der Waals surface area contributed by atoms with Crippen LogP contribution in [0.5, 0.6) is 0 Å². The number of morpholine rings is 1. The van der Waals surface area contributed by atoms with Crippen LogP contribution in [0.3, 0.4) is 0 Å². The molecule has 1 atom stereocenters. The molecule has 1 saturated heterocycles. The topological polar surface area (TPSA) is 51.4 Å². The summed E-state index contributed by atoms with van der Waals surface area (Å²) in [5.41, 5.74) is 5.56. The molecule has 0 radical (unpaired) electrons. The van der Waals surface area contributed by atoms with Crippen molar-refractivity contribution in [3.05, 3.63) is 5.38 Å². The van der Waals surface area contributed by atoms with Crippen LogP contribution in [0.1, 0.15) is 6.92 Å². The van der Waals surface area contributed by atoms with Gasteiger partial charge in [-0.05, 0) is 6.92 Å². The van der Waals surface area contributed by atoms with Crippen molar-refractivity contribution in [1.82, 2.24) is 4.98 Å². The quantitative estimate of drug-likeness (QED) is 0.731. The van der Waals surface area contributed by atoms with Crippen molar-refractivity contribution in [2.45, 2.75) is 13.0 Å². The van der Waals surface area contributed by atoms with Crippen LogP contribution < -0.4 is 10.6 Å². The summed E-state index contributed by atoms with van der Waals surface area (Å²) < 4.78 is 5.44. The number of hydrogen-bond acceptors (Lipinski definition) is 5. The predicted molar refractivity (Wildman–Crippen MR) is 54.2 cm³/mol. The van der Waals surface area contributed by atoms with Gasteiger partial charge in [0.05, 0.1) is 12.7 Å². The minimum atomic E-state index is 0.291. The number of thiazole rings is 1. The standard InChI is InChI=1S/C8H13N3OS/c1-6-4-11(2-3-12-6)8-10-7(9)5-13-8/h5-6H,2-4,9H2,1H3/t6-/m1/s1. The molecule has 0 saturated carbocycles. The monoisotopic (exact) mass is 199 g/mol. The van der Waals surface area contributed by atoms with Crippen LogP contribution in [0.4, 0.5) is 10.9 Å². The minimum Gasteiger partial charge on any atom is -0.383 e. The van der Waals surface area contributed by atoms with E-state index in [1.165, 1.54) is 0 Å². The molecule has 2 N–H and O–H groups in total. The normalized spacial score (nSPS) is 23.5. The SMILES string of the molecule is C[C@@H]1CN(c2nc(N)cs2)CCO1. The first kappa shape index (κ1) is 8.77. The summed E-state index contributed by atoms with van der Waals surface area (Å²) in [6.45, 7) is 4.67. The molecule has 5 heteroatoms. The third-order valence-electron chi connectivity index (χ3n) is 2.02. The number of nitrogens with two attached hydrogens (primary N) is 1. The van der Waals surface area contributed by atoms with Crippen molar-refractivity contribution in [2.24, 2.45) is 0 Å². The molecular weight excluding hydrogens is 186 g/mol. The van der Waals surface area contributed by atoms with Gasteiger partial charge in [0.1, 0.15) is 5.82 Å². The van der Waals surface area contributed by atoms with E-state index in [1.54, 1.807) is 11.3 Å². The Bertz CT molecular complexity index is 289. The summed E-state index contributed by atoms with van der Waals surface area (Å²) in [4.78, 5) is 6.45. The molecule has 0 aliphatic carbocycles. The van der Waals surface area contributed by atoms with E-state index in [2.05, 4.69) is 16.8 Å². The van der Waals surface area contributed by atoms with E-state index < -0.39 is 0 Å². The zero-order chi connectivity index (χ0) is 9.26. The zero-order valence-corrected chi connectivity index (χ0v) is 8.38. The Balaban J connectivity index is 2.08. The summed E-state index contributed by atoms with van der Waals surface area (Å²) >= 11 is 1.59. The molecule has 1 aliphatic rings. The highest BCUT2D eigenvalue weighted by atomic mass is 32.1. The number of hydrogen-bond donors (Lipinski definition) is 1. The second-order valence-corrected chi connectivity index (χ2v) is 4.02. The molecule has 72 valence electrons. The van der Waals surface area contributed by atoms with Gasteiger partial charge in [-0.25, -0.2) is 4.98 Å². The maximum Gasteiger partial charge on any atom is 0.187 e. The number of ether oxygens (including phenoxy) is 1. The van der Waals surface area contributed by atoms with E-state index in [-0.39, 0.29) is 0 Å². The van der Waals surface area contributed by atoms with Crippen molar-refractivity contribution in [3.8, 4) is 0 Å². The van der Waals surface area contributed by atoms with Gasteiger partial charge in [0.2, 0.25) is 0 Å². The molecule has 1 fully saturated rings. The third kappa shape index (κ3) is 1.92. The van der Waals surface area contributed by atoms with Crippen molar-refractivity contribution in [3.63, 3.8) is 0 Å². The maximum atomic E-state index is 5.56. The molecular formula is C8H13N3OS. The van der Waals surface area contributed by atoms with E-state index in [0.717, 1.165) is 24.8 Å². The zero-order valence-electron chi connectivity index (χ0n) is 7.56.